The molecule has 0 aromatic rings. The zero-order chi connectivity index (χ0) is 21.6. The first-order valence-corrected chi connectivity index (χ1v) is 12.6. The highest BCUT2D eigenvalue weighted by Gasteiger charge is 2.61. The second-order valence-corrected chi connectivity index (χ2v) is 11.6. The molecule has 0 saturated heterocycles. The topological polar surface area (TPSA) is 84.7 Å². The Morgan fingerprint density at radius 2 is 1.83 bits per heavy atom. The number of carbonyl (C=O) groups excluding carboxylic acids is 1. The summed E-state index contributed by atoms with van der Waals surface area (Å²) in [6.07, 6.45) is 12.0. The Morgan fingerprint density at radius 1 is 1.10 bits per heavy atom. The van der Waals surface area contributed by atoms with Gasteiger partial charge in [-0.25, -0.2) is 11.0 Å². The zero-order valence-corrected chi connectivity index (χ0v) is 19.6. The van der Waals surface area contributed by atoms with Gasteiger partial charge in [-0.15, -0.1) is 5.10 Å². The molecule has 4 aliphatic carbocycles. The molecule has 30 heavy (non-hydrogen) atoms. The summed E-state index contributed by atoms with van der Waals surface area (Å²) < 4.78 is 0. The van der Waals surface area contributed by atoms with Gasteiger partial charge in [-0.3, -0.25) is 4.79 Å². The SMILES string of the molecule is CC[C@@H]1C[C@H](C(=O)CN(N)/N=C(/C)N)[C@@]2(C)CC[C@@H]3[C@H]4CC[C@H](C)C[C@H]4CC[C@H]3C12. The molecule has 9 atom stereocenters. The van der Waals surface area contributed by atoms with E-state index in [1.54, 1.807) is 6.92 Å². The van der Waals surface area contributed by atoms with Crippen molar-refractivity contribution in [1.82, 2.24) is 5.12 Å². The zero-order valence-electron chi connectivity index (χ0n) is 19.6. The van der Waals surface area contributed by atoms with Crippen molar-refractivity contribution < 1.29 is 4.79 Å². The molecule has 0 spiro atoms. The van der Waals surface area contributed by atoms with Gasteiger partial charge in [0.15, 0.2) is 5.78 Å². The maximum atomic E-state index is 13.4. The van der Waals surface area contributed by atoms with Crippen LogP contribution in [0.5, 0.6) is 0 Å². The first-order valence-electron chi connectivity index (χ1n) is 12.6. The van der Waals surface area contributed by atoms with Gasteiger partial charge in [0, 0.05) is 5.92 Å². The predicted molar refractivity (Wildman–Crippen MR) is 122 cm³/mol. The highest BCUT2D eigenvalue weighted by molar-refractivity contribution is 5.84. The molecule has 0 aliphatic heterocycles. The number of nitrogens with two attached hydrogens (primary N) is 2. The van der Waals surface area contributed by atoms with E-state index in [4.69, 9.17) is 11.6 Å². The lowest BCUT2D eigenvalue weighted by atomic mass is 9.48. The Morgan fingerprint density at radius 3 is 2.53 bits per heavy atom. The van der Waals surface area contributed by atoms with Crippen LogP contribution in [0, 0.1) is 52.8 Å². The quantitative estimate of drug-likeness (QED) is 0.298. The molecule has 0 amide bonds. The fourth-order valence-corrected chi connectivity index (χ4v) is 8.80. The van der Waals surface area contributed by atoms with E-state index in [0.717, 1.165) is 36.0 Å². The third kappa shape index (κ3) is 3.80. The van der Waals surface area contributed by atoms with Gasteiger partial charge in [0.05, 0.1) is 0 Å². The molecule has 4 aliphatic rings. The molecule has 0 heterocycles. The Bertz CT molecular complexity index is 674. The highest BCUT2D eigenvalue weighted by atomic mass is 16.1. The van der Waals surface area contributed by atoms with E-state index >= 15 is 0 Å². The molecule has 4 saturated carbocycles. The Kier molecular flexibility index (Phi) is 6.22. The maximum Gasteiger partial charge on any atom is 0.159 e. The number of ketones is 1. The van der Waals surface area contributed by atoms with Gasteiger partial charge in [-0.2, -0.15) is 0 Å². The van der Waals surface area contributed by atoms with Crippen LogP contribution in [0.1, 0.15) is 85.5 Å². The van der Waals surface area contributed by atoms with Crippen molar-refractivity contribution in [3.63, 3.8) is 0 Å². The van der Waals surface area contributed by atoms with Crippen molar-refractivity contribution in [1.29, 1.82) is 0 Å². The van der Waals surface area contributed by atoms with Crippen LogP contribution in [-0.4, -0.2) is 23.3 Å². The van der Waals surface area contributed by atoms with Crippen molar-refractivity contribution in [2.75, 3.05) is 6.54 Å². The monoisotopic (exact) mass is 416 g/mol. The van der Waals surface area contributed by atoms with E-state index in [-0.39, 0.29) is 23.7 Å². The molecule has 0 bridgehead atoms. The highest BCUT2D eigenvalue weighted by Crippen LogP contribution is 2.66. The Hall–Kier alpha value is -1.10. The molecule has 4 fully saturated rings. The summed E-state index contributed by atoms with van der Waals surface area (Å²) in [6, 6.07) is 0. The van der Waals surface area contributed by atoms with Gasteiger partial charge in [0.2, 0.25) is 0 Å². The van der Waals surface area contributed by atoms with E-state index in [9.17, 15) is 4.79 Å². The molecule has 5 heteroatoms. The summed E-state index contributed by atoms with van der Waals surface area (Å²) in [6.45, 7) is 9.12. The molecule has 4 rings (SSSR count). The fourth-order valence-electron chi connectivity index (χ4n) is 8.80. The van der Waals surface area contributed by atoms with Crippen molar-refractivity contribution in [3.8, 4) is 0 Å². The molecule has 0 radical (unpaired) electrons. The van der Waals surface area contributed by atoms with Crippen LogP contribution in [0.15, 0.2) is 5.10 Å². The predicted octanol–water partition coefficient (Wildman–Crippen LogP) is 4.56. The summed E-state index contributed by atoms with van der Waals surface area (Å²) in [5.74, 6) is 12.7. The van der Waals surface area contributed by atoms with Gasteiger partial charge in [-0.05, 0) is 98.7 Å². The molecular formula is C25H44N4O. The average molecular weight is 417 g/mol. The summed E-state index contributed by atoms with van der Waals surface area (Å²) in [7, 11) is 0. The lowest BCUT2D eigenvalue weighted by Crippen LogP contribution is -2.51. The smallest absolute Gasteiger partial charge is 0.159 e. The number of amidine groups is 1. The Labute approximate surface area is 183 Å². The van der Waals surface area contributed by atoms with Crippen LogP contribution < -0.4 is 11.6 Å². The van der Waals surface area contributed by atoms with E-state index in [2.05, 4.69) is 25.9 Å². The molecule has 0 aromatic carbocycles. The number of carbonyl (C=O) groups is 1. The minimum Gasteiger partial charge on any atom is -0.386 e. The van der Waals surface area contributed by atoms with E-state index < -0.39 is 0 Å². The van der Waals surface area contributed by atoms with Gasteiger partial charge < -0.3 is 5.73 Å². The molecule has 1 unspecified atom stereocenters. The van der Waals surface area contributed by atoms with Crippen molar-refractivity contribution >= 4 is 11.6 Å². The van der Waals surface area contributed by atoms with Crippen molar-refractivity contribution in [3.05, 3.63) is 0 Å². The summed E-state index contributed by atoms with van der Waals surface area (Å²) in [5.41, 5.74) is 5.79. The van der Waals surface area contributed by atoms with Crippen LogP contribution in [0.25, 0.3) is 0 Å². The van der Waals surface area contributed by atoms with Crippen LogP contribution >= 0.6 is 0 Å². The normalized spacial score (nSPS) is 46.0. The number of nitrogens with zero attached hydrogens (tertiary/aromatic N) is 2. The minimum atomic E-state index is 0.122. The molecule has 4 N–H and O–H groups in total. The van der Waals surface area contributed by atoms with Crippen LogP contribution in [0.2, 0.25) is 0 Å². The van der Waals surface area contributed by atoms with E-state index in [0.29, 0.717) is 17.7 Å². The summed E-state index contributed by atoms with van der Waals surface area (Å²) >= 11 is 0. The first-order chi connectivity index (χ1) is 14.2. The number of hydrogen-bond acceptors (Lipinski definition) is 4. The second-order valence-electron chi connectivity index (χ2n) is 11.6. The van der Waals surface area contributed by atoms with Crippen molar-refractivity contribution in [2.45, 2.75) is 85.5 Å². The number of hydrazone groups is 1. The number of Topliss-reactive ketones (excluding diaryl/α,β-unsaturated/α-hetero) is 1. The van der Waals surface area contributed by atoms with Gasteiger partial charge in [0.25, 0.3) is 0 Å². The number of hydrazine groups is 1. The van der Waals surface area contributed by atoms with E-state index in [1.807, 2.05) is 0 Å². The Balaban J connectivity index is 1.54. The lowest BCUT2D eigenvalue weighted by Gasteiger charge is -2.57. The first kappa shape index (κ1) is 22.1. The third-order valence-corrected chi connectivity index (χ3v) is 9.87. The standard InChI is InChI=1S/C25H44N4O/c1-5-17-13-22(23(30)14-29(27)28-16(3)26)25(4)11-10-20-19-8-6-15(2)12-18(19)7-9-21(20)24(17)25/h15,17-22,24H,5-14,27H2,1-4H3,(H2,26,28)/t15-,17+,18+,19-,20+,21+,22+,24?,25+/m0/s1. The van der Waals surface area contributed by atoms with Crippen molar-refractivity contribution in [2.24, 2.45) is 69.4 Å². The number of rotatable bonds is 5. The minimum absolute atomic E-state index is 0.122. The molecule has 170 valence electrons. The average Bonchev–Trinajstić information content (AvgIpc) is 2.99. The van der Waals surface area contributed by atoms with Crippen LogP contribution in [0.3, 0.4) is 0 Å². The third-order valence-electron chi connectivity index (χ3n) is 9.87. The molecule has 0 aromatic heterocycles. The fraction of sp³-hybridized carbons (Fsp3) is 0.920. The van der Waals surface area contributed by atoms with Gasteiger partial charge in [0.1, 0.15) is 12.4 Å². The van der Waals surface area contributed by atoms with Gasteiger partial charge in [-0.1, -0.05) is 33.6 Å². The van der Waals surface area contributed by atoms with E-state index in [1.165, 1.54) is 56.5 Å². The number of fused-ring (bicyclic) bond motifs is 5. The molecular weight excluding hydrogens is 372 g/mol. The largest absolute Gasteiger partial charge is 0.386 e. The van der Waals surface area contributed by atoms with Crippen LogP contribution in [0.4, 0.5) is 0 Å². The second kappa shape index (κ2) is 8.44. The summed E-state index contributed by atoms with van der Waals surface area (Å²) in [4.78, 5) is 13.4. The number of hydrogen-bond donors (Lipinski definition) is 2. The summed E-state index contributed by atoms with van der Waals surface area (Å²) in [5, 5.41) is 5.30. The lowest BCUT2D eigenvalue weighted by molar-refractivity contribution is -0.132. The van der Waals surface area contributed by atoms with Crippen LogP contribution in [-0.2, 0) is 4.79 Å². The van der Waals surface area contributed by atoms with Gasteiger partial charge >= 0.3 is 0 Å². The maximum absolute atomic E-state index is 13.4. The molecule has 5 nitrogen and oxygen atoms in total.